The van der Waals surface area contributed by atoms with Crippen LogP contribution in [0.4, 0.5) is 5.69 Å². The Balaban J connectivity index is 0.000000487. The maximum Gasteiger partial charge on any atom is 0.221 e. The molecule has 1 amide bonds. The summed E-state index contributed by atoms with van der Waals surface area (Å²) in [6.07, 6.45) is 0. The zero-order valence-electron chi connectivity index (χ0n) is 8.84. The van der Waals surface area contributed by atoms with Crippen LogP contribution >= 0.6 is 34.8 Å². The van der Waals surface area contributed by atoms with Gasteiger partial charge in [-0.15, -0.1) is 0 Å². The van der Waals surface area contributed by atoms with Crippen LogP contribution in [-0.2, 0) is 4.79 Å². The van der Waals surface area contributed by atoms with E-state index < -0.39 is 4.30 Å². The van der Waals surface area contributed by atoms with Gasteiger partial charge in [0.05, 0.1) is 7.11 Å². The average Bonchev–Trinajstić information content (AvgIpc) is 2.17. The predicted octanol–water partition coefficient (Wildman–Crippen LogP) is 3.64. The van der Waals surface area contributed by atoms with Crippen LogP contribution in [0.2, 0.25) is 0 Å². The van der Waals surface area contributed by atoms with E-state index in [0.29, 0.717) is 0 Å². The van der Waals surface area contributed by atoms with E-state index >= 15 is 0 Å². The van der Waals surface area contributed by atoms with Gasteiger partial charge in [-0.05, 0) is 24.3 Å². The third-order valence-electron chi connectivity index (χ3n) is 1.41. The van der Waals surface area contributed by atoms with Crippen LogP contribution in [0.15, 0.2) is 24.3 Å². The molecule has 16 heavy (non-hydrogen) atoms. The molecule has 0 saturated heterocycles. The molecule has 90 valence electrons. The first-order chi connectivity index (χ1) is 7.45. The molecule has 0 unspecified atom stereocenters. The Hall–Kier alpha value is -0.640. The number of hydrogen-bond acceptors (Lipinski definition) is 2. The summed E-state index contributed by atoms with van der Waals surface area (Å²) in [6.45, 7) is 1.48. The number of anilines is 1. The second kappa shape index (κ2) is 8.50. The van der Waals surface area contributed by atoms with Crippen molar-refractivity contribution in [2.24, 2.45) is 0 Å². The fourth-order valence-corrected chi connectivity index (χ4v) is 0.878. The Morgan fingerprint density at radius 3 is 2.00 bits per heavy atom. The first-order valence-electron chi connectivity index (χ1n) is 4.29. The second-order valence-corrected chi connectivity index (χ2v) is 4.64. The molecular weight excluding hydrogens is 272 g/mol. The van der Waals surface area contributed by atoms with Gasteiger partial charge in [0.15, 0.2) is 4.30 Å². The quantitative estimate of drug-likeness (QED) is 0.842. The number of nitrogens with one attached hydrogen (secondary N) is 1. The number of carbonyl (C=O) groups excluding carboxylic acids is 1. The second-order valence-electron chi connectivity index (χ2n) is 2.66. The summed E-state index contributed by atoms with van der Waals surface area (Å²) >= 11 is 14.4. The highest BCUT2D eigenvalue weighted by Crippen LogP contribution is 2.14. The van der Waals surface area contributed by atoms with Gasteiger partial charge in [-0.2, -0.15) is 0 Å². The molecule has 1 N–H and O–H groups in total. The molecule has 0 aromatic heterocycles. The molecule has 0 aliphatic rings. The Kier molecular flexibility index (Phi) is 8.16. The molecule has 1 rings (SSSR count). The van der Waals surface area contributed by atoms with Crippen LogP contribution in [0.5, 0.6) is 5.75 Å². The molecule has 0 aliphatic carbocycles. The van der Waals surface area contributed by atoms with Crippen LogP contribution in [0.3, 0.4) is 0 Å². The highest BCUT2D eigenvalue weighted by Gasteiger charge is 1.94. The van der Waals surface area contributed by atoms with Crippen LogP contribution in [-0.4, -0.2) is 17.3 Å². The van der Waals surface area contributed by atoms with E-state index in [1.165, 1.54) is 6.92 Å². The number of hydrogen-bond donors (Lipinski definition) is 1. The normalized spacial score (nSPS) is 9.12. The summed E-state index contributed by atoms with van der Waals surface area (Å²) in [5.74, 6) is 0.712. The number of methoxy groups -OCH3 is 1. The monoisotopic (exact) mass is 283 g/mol. The molecular formula is C10H12Cl3NO2. The van der Waals surface area contributed by atoms with E-state index in [1.54, 1.807) is 31.4 Å². The lowest BCUT2D eigenvalue weighted by atomic mass is 10.3. The minimum absolute atomic E-state index is 0.0693. The highest BCUT2D eigenvalue weighted by atomic mass is 35.6. The zero-order chi connectivity index (χ0) is 12.6. The van der Waals surface area contributed by atoms with Gasteiger partial charge in [0.25, 0.3) is 0 Å². The number of carbonyl (C=O) groups is 1. The van der Waals surface area contributed by atoms with Crippen molar-refractivity contribution in [2.75, 3.05) is 12.4 Å². The number of benzene rings is 1. The Morgan fingerprint density at radius 1 is 1.25 bits per heavy atom. The molecule has 1 aromatic carbocycles. The molecule has 1 aromatic rings. The van der Waals surface area contributed by atoms with Crippen molar-refractivity contribution < 1.29 is 9.53 Å². The minimum atomic E-state index is -0.750. The molecule has 0 heterocycles. The van der Waals surface area contributed by atoms with Crippen molar-refractivity contribution in [3.63, 3.8) is 0 Å². The summed E-state index contributed by atoms with van der Waals surface area (Å²) in [7, 11) is 1.60. The number of ether oxygens (including phenoxy) is 1. The van der Waals surface area contributed by atoms with Gasteiger partial charge in [-0.1, -0.05) is 34.8 Å². The van der Waals surface area contributed by atoms with Gasteiger partial charge in [0.2, 0.25) is 5.91 Å². The number of rotatable bonds is 2. The Labute approximate surface area is 110 Å². The average molecular weight is 285 g/mol. The molecule has 0 fully saturated rings. The molecule has 0 bridgehead atoms. The molecule has 0 atom stereocenters. The fourth-order valence-electron chi connectivity index (χ4n) is 0.878. The van der Waals surface area contributed by atoms with E-state index in [0.717, 1.165) is 11.4 Å². The van der Waals surface area contributed by atoms with E-state index in [-0.39, 0.29) is 5.91 Å². The molecule has 0 saturated carbocycles. The van der Waals surface area contributed by atoms with Gasteiger partial charge >= 0.3 is 0 Å². The van der Waals surface area contributed by atoms with E-state index in [4.69, 9.17) is 39.5 Å². The lowest BCUT2D eigenvalue weighted by Crippen LogP contribution is -2.05. The van der Waals surface area contributed by atoms with Crippen LogP contribution in [0.1, 0.15) is 6.92 Å². The zero-order valence-corrected chi connectivity index (χ0v) is 11.1. The first kappa shape index (κ1) is 15.4. The molecule has 0 aliphatic heterocycles. The summed E-state index contributed by atoms with van der Waals surface area (Å²) in [5.41, 5.74) is 0.781. The molecule has 0 radical (unpaired) electrons. The fraction of sp³-hybridized carbons (Fsp3) is 0.300. The topological polar surface area (TPSA) is 38.3 Å². The summed E-state index contributed by atoms with van der Waals surface area (Å²) < 4.78 is 4.21. The van der Waals surface area contributed by atoms with Crippen molar-refractivity contribution >= 4 is 46.4 Å². The third-order valence-corrected chi connectivity index (χ3v) is 1.41. The third kappa shape index (κ3) is 8.65. The smallest absolute Gasteiger partial charge is 0.221 e. The maximum atomic E-state index is 10.6. The van der Waals surface area contributed by atoms with Crippen LogP contribution in [0, 0.1) is 0 Å². The van der Waals surface area contributed by atoms with Crippen LogP contribution in [0.25, 0.3) is 0 Å². The largest absolute Gasteiger partial charge is 0.497 e. The van der Waals surface area contributed by atoms with E-state index in [1.807, 2.05) is 0 Å². The van der Waals surface area contributed by atoms with Crippen LogP contribution < -0.4 is 10.1 Å². The van der Waals surface area contributed by atoms with Gasteiger partial charge in [0, 0.05) is 12.6 Å². The lowest BCUT2D eigenvalue weighted by molar-refractivity contribution is -0.114. The van der Waals surface area contributed by atoms with E-state index in [2.05, 4.69) is 5.32 Å². The van der Waals surface area contributed by atoms with Gasteiger partial charge < -0.3 is 10.1 Å². The van der Waals surface area contributed by atoms with Gasteiger partial charge in [-0.25, -0.2) is 0 Å². The molecule has 6 heteroatoms. The lowest BCUT2D eigenvalue weighted by Gasteiger charge is -2.02. The standard InChI is InChI=1S/C9H11NO2.CHCl3/c1-7(11)10-8-3-5-9(12-2)6-4-8;2-1(3)4/h3-6H,1-2H3,(H,10,11);1H. The van der Waals surface area contributed by atoms with Gasteiger partial charge in [-0.3, -0.25) is 4.79 Å². The van der Waals surface area contributed by atoms with Crippen molar-refractivity contribution in [2.45, 2.75) is 11.2 Å². The predicted molar refractivity (Wildman–Crippen MR) is 68.6 cm³/mol. The van der Waals surface area contributed by atoms with E-state index in [9.17, 15) is 4.79 Å². The minimum Gasteiger partial charge on any atom is -0.497 e. The maximum absolute atomic E-state index is 10.6. The highest BCUT2D eigenvalue weighted by molar-refractivity contribution is 6.63. The van der Waals surface area contributed by atoms with Crippen molar-refractivity contribution in [1.82, 2.24) is 0 Å². The molecule has 0 spiro atoms. The van der Waals surface area contributed by atoms with Crippen molar-refractivity contribution in [3.8, 4) is 5.75 Å². The van der Waals surface area contributed by atoms with Crippen molar-refractivity contribution in [3.05, 3.63) is 24.3 Å². The number of alkyl halides is 3. The van der Waals surface area contributed by atoms with Crippen molar-refractivity contribution in [1.29, 1.82) is 0 Å². The SMILES string of the molecule is COc1ccc(NC(C)=O)cc1.ClC(Cl)Cl. The summed E-state index contributed by atoms with van der Waals surface area (Å²) in [4.78, 5) is 10.6. The number of amides is 1. The Bertz CT molecular complexity index is 312. The molecule has 3 nitrogen and oxygen atoms in total. The summed E-state index contributed by atoms with van der Waals surface area (Å²) in [6, 6.07) is 7.18. The number of halogens is 3. The van der Waals surface area contributed by atoms with Gasteiger partial charge in [0.1, 0.15) is 5.75 Å². The first-order valence-corrected chi connectivity index (χ1v) is 5.60. The summed E-state index contributed by atoms with van der Waals surface area (Å²) in [5, 5.41) is 2.66. The Morgan fingerprint density at radius 2 is 1.69 bits per heavy atom.